The normalized spacial score (nSPS) is 12.4. The van der Waals surface area contributed by atoms with E-state index in [2.05, 4.69) is 10.1 Å². The van der Waals surface area contributed by atoms with E-state index in [0.717, 1.165) is 24.7 Å². The van der Waals surface area contributed by atoms with E-state index in [9.17, 15) is 23.3 Å². The van der Waals surface area contributed by atoms with Crippen LogP contribution in [0.25, 0.3) is 0 Å². The smallest absolute Gasteiger partial charge is 0.307 e. The second-order valence-electron chi connectivity index (χ2n) is 3.97. The minimum Gasteiger partial charge on any atom is -0.481 e. The lowest BCUT2D eigenvalue weighted by Crippen LogP contribution is -2.20. The summed E-state index contributed by atoms with van der Waals surface area (Å²) in [5.41, 5.74) is -0.713. The molecule has 7 nitrogen and oxygen atoms in total. The Balaban J connectivity index is 2.53. The first-order valence-corrected chi connectivity index (χ1v) is 5.60. The van der Waals surface area contributed by atoms with E-state index in [-0.39, 0.29) is 11.4 Å². The van der Waals surface area contributed by atoms with Gasteiger partial charge >= 0.3 is 5.69 Å². The first kappa shape index (κ1) is 14.8. The molecule has 0 spiro atoms. The molecule has 0 aliphatic carbocycles. The summed E-state index contributed by atoms with van der Waals surface area (Å²) in [6.07, 6.45) is -0.520. The van der Waals surface area contributed by atoms with Crippen LogP contribution in [-0.2, 0) is 0 Å². The summed E-state index contributed by atoms with van der Waals surface area (Å²) in [5.74, 6) is -1.04. The molecule has 0 radical (unpaired) electrons. The summed E-state index contributed by atoms with van der Waals surface area (Å²) >= 11 is 0. The maximum atomic E-state index is 13.3. The first-order chi connectivity index (χ1) is 9.93. The van der Waals surface area contributed by atoms with Crippen LogP contribution in [0.4, 0.5) is 18.9 Å². The van der Waals surface area contributed by atoms with Gasteiger partial charge in [0, 0.05) is 5.56 Å². The van der Waals surface area contributed by atoms with Gasteiger partial charge in [-0.3, -0.25) is 14.8 Å². The van der Waals surface area contributed by atoms with Crippen molar-refractivity contribution in [3.8, 4) is 5.88 Å². The molecule has 0 saturated heterocycles. The highest BCUT2D eigenvalue weighted by atomic mass is 19.3. The molecule has 0 fully saturated rings. The average Bonchev–Trinajstić information content (AvgIpc) is 2.88. The third kappa shape index (κ3) is 2.93. The molecule has 21 heavy (non-hydrogen) atoms. The Morgan fingerprint density at radius 1 is 1.43 bits per heavy atom. The highest BCUT2D eigenvalue weighted by molar-refractivity contribution is 5.32. The Hall–Kier alpha value is -2.65. The molecule has 10 heteroatoms. The van der Waals surface area contributed by atoms with Crippen LogP contribution >= 0.6 is 0 Å². The number of alkyl halides is 2. The van der Waals surface area contributed by atoms with Gasteiger partial charge in [0.2, 0.25) is 5.88 Å². The lowest BCUT2D eigenvalue weighted by molar-refractivity contribution is -0.385. The highest BCUT2D eigenvalue weighted by Crippen LogP contribution is 2.32. The lowest BCUT2D eigenvalue weighted by Gasteiger charge is -2.18. The van der Waals surface area contributed by atoms with E-state index in [1.807, 2.05) is 0 Å². The van der Waals surface area contributed by atoms with Crippen molar-refractivity contribution in [3.63, 3.8) is 0 Å². The van der Waals surface area contributed by atoms with Crippen molar-refractivity contribution in [1.29, 1.82) is 0 Å². The van der Waals surface area contributed by atoms with Gasteiger partial charge in [-0.2, -0.15) is 5.10 Å². The van der Waals surface area contributed by atoms with Gasteiger partial charge in [0.1, 0.15) is 24.3 Å². The molecule has 0 aromatic carbocycles. The van der Waals surface area contributed by atoms with Gasteiger partial charge in [0.25, 0.3) is 6.43 Å². The van der Waals surface area contributed by atoms with Gasteiger partial charge < -0.3 is 4.74 Å². The molecule has 0 aliphatic rings. The molecule has 2 aromatic heterocycles. The second-order valence-corrected chi connectivity index (χ2v) is 3.97. The standard InChI is InChI=1S/C11H9F3N4O3/c1-21-11-8(2-6(12)3-15-11)9(10(13)14)17-5-7(4-16-17)18(19)20/h2-5,9-10H,1H3. The Morgan fingerprint density at radius 3 is 2.67 bits per heavy atom. The van der Waals surface area contributed by atoms with Crippen LogP contribution in [0.15, 0.2) is 24.7 Å². The number of nitrogens with zero attached hydrogens (tertiary/aromatic N) is 4. The van der Waals surface area contributed by atoms with Crippen LogP contribution in [0.1, 0.15) is 11.6 Å². The quantitative estimate of drug-likeness (QED) is 0.624. The van der Waals surface area contributed by atoms with E-state index in [0.29, 0.717) is 4.68 Å². The zero-order valence-electron chi connectivity index (χ0n) is 10.6. The molecule has 1 unspecified atom stereocenters. The van der Waals surface area contributed by atoms with Crippen LogP contribution < -0.4 is 4.74 Å². The van der Waals surface area contributed by atoms with Crippen molar-refractivity contribution in [1.82, 2.24) is 14.8 Å². The molecule has 0 aliphatic heterocycles. The molecular weight excluding hydrogens is 293 g/mol. The summed E-state index contributed by atoms with van der Waals surface area (Å²) in [6, 6.07) is -0.923. The van der Waals surface area contributed by atoms with Crippen molar-refractivity contribution in [2.24, 2.45) is 0 Å². The molecule has 0 bridgehead atoms. The molecule has 0 N–H and O–H groups in total. The van der Waals surface area contributed by atoms with E-state index in [1.165, 1.54) is 7.11 Å². The number of hydrogen-bond acceptors (Lipinski definition) is 5. The van der Waals surface area contributed by atoms with Crippen molar-refractivity contribution in [2.75, 3.05) is 7.11 Å². The van der Waals surface area contributed by atoms with Gasteiger partial charge in [-0.1, -0.05) is 0 Å². The van der Waals surface area contributed by atoms with Gasteiger partial charge in [-0.25, -0.2) is 18.2 Å². The maximum absolute atomic E-state index is 13.3. The Bertz CT molecular complexity index is 662. The molecule has 0 saturated carbocycles. The number of rotatable bonds is 5. The number of halogens is 3. The monoisotopic (exact) mass is 302 g/mol. The third-order valence-electron chi connectivity index (χ3n) is 2.68. The maximum Gasteiger partial charge on any atom is 0.307 e. The van der Waals surface area contributed by atoms with Crippen molar-refractivity contribution >= 4 is 5.69 Å². The fraction of sp³-hybridized carbons (Fsp3) is 0.273. The molecule has 112 valence electrons. The molecular formula is C11H9F3N4O3. The number of ether oxygens (including phenoxy) is 1. The number of pyridine rings is 1. The predicted octanol–water partition coefficient (Wildman–Crippen LogP) is 2.19. The number of aromatic nitrogens is 3. The zero-order chi connectivity index (χ0) is 15.6. The SMILES string of the molecule is COc1ncc(F)cc1C(C(F)F)n1cc([N+](=O)[O-])cn1. The van der Waals surface area contributed by atoms with E-state index in [4.69, 9.17) is 4.74 Å². The Labute approximate surface area is 116 Å². The number of hydrogen-bond donors (Lipinski definition) is 0. The van der Waals surface area contributed by atoms with Crippen molar-refractivity contribution in [3.05, 3.63) is 46.2 Å². The minimum absolute atomic E-state index is 0.208. The topological polar surface area (TPSA) is 83.1 Å². The van der Waals surface area contributed by atoms with Gasteiger partial charge in [-0.05, 0) is 6.07 Å². The second kappa shape index (κ2) is 5.77. The summed E-state index contributed by atoms with van der Waals surface area (Å²) in [5, 5.41) is 14.1. The van der Waals surface area contributed by atoms with E-state index in [1.54, 1.807) is 0 Å². The van der Waals surface area contributed by atoms with Gasteiger partial charge in [-0.15, -0.1) is 0 Å². The van der Waals surface area contributed by atoms with Crippen LogP contribution in [0.2, 0.25) is 0 Å². The average molecular weight is 302 g/mol. The van der Waals surface area contributed by atoms with Crippen LogP contribution in [0, 0.1) is 15.9 Å². The molecule has 1 atom stereocenters. The highest BCUT2D eigenvalue weighted by Gasteiger charge is 2.30. The fourth-order valence-electron chi connectivity index (χ4n) is 1.79. The molecule has 2 aromatic rings. The minimum atomic E-state index is -3.00. The fourth-order valence-corrected chi connectivity index (χ4v) is 1.79. The summed E-state index contributed by atoms with van der Waals surface area (Å²) in [7, 11) is 1.19. The zero-order valence-corrected chi connectivity index (χ0v) is 10.6. The largest absolute Gasteiger partial charge is 0.481 e. The first-order valence-electron chi connectivity index (χ1n) is 5.60. The molecule has 0 amide bonds. The van der Waals surface area contributed by atoms with Gasteiger partial charge in [0.15, 0.2) is 0 Å². The summed E-state index contributed by atoms with van der Waals surface area (Å²) in [4.78, 5) is 13.4. The van der Waals surface area contributed by atoms with Crippen LogP contribution in [0.3, 0.4) is 0 Å². The number of methoxy groups -OCH3 is 1. The van der Waals surface area contributed by atoms with Crippen molar-refractivity contribution < 1.29 is 22.8 Å². The summed E-state index contributed by atoms with van der Waals surface area (Å²) in [6.45, 7) is 0. The predicted molar refractivity (Wildman–Crippen MR) is 63.8 cm³/mol. The summed E-state index contributed by atoms with van der Waals surface area (Å²) < 4.78 is 45.3. The third-order valence-corrected chi connectivity index (χ3v) is 2.68. The Morgan fingerprint density at radius 2 is 2.14 bits per heavy atom. The van der Waals surface area contributed by atoms with Crippen molar-refractivity contribution in [2.45, 2.75) is 12.5 Å². The van der Waals surface area contributed by atoms with E-state index < -0.39 is 28.9 Å². The van der Waals surface area contributed by atoms with Gasteiger partial charge in [0.05, 0.1) is 18.2 Å². The van der Waals surface area contributed by atoms with Crippen LogP contribution in [-0.4, -0.2) is 33.2 Å². The Kier molecular flexibility index (Phi) is 4.05. The lowest BCUT2D eigenvalue weighted by atomic mass is 10.1. The molecule has 2 rings (SSSR count). The molecule has 2 heterocycles. The van der Waals surface area contributed by atoms with E-state index >= 15 is 0 Å². The number of nitro groups is 1. The van der Waals surface area contributed by atoms with Crippen LogP contribution in [0.5, 0.6) is 5.88 Å².